The van der Waals surface area contributed by atoms with E-state index in [2.05, 4.69) is 45.8 Å². The minimum absolute atomic E-state index is 0.204. The van der Waals surface area contributed by atoms with Crippen molar-refractivity contribution in [3.05, 3.63) is 80.1 Å². The highest BCUT2D eigenvalue weighted by atomic mass is 16.6. The molecule has 9 heteroatoms. The summed E-state index contributed by atoms with van der Waals surface area (Å²) in [6, 6.07) is 10.0. The third-order valence-electron chi connectivity index (χ3n) is 3.17. The Morgan fingerprint density at radius 1 is 1.11 bits per heavy atom. The predicted octanol–water partition coefficient (Wildman–Crippen LogP) is 3.71. The number of methoxy groups -OCH3 is 1. The number of amides is 1. The number of carbonyl (C=O) groups excluding carboxylic acids is 4. The van der Waals surface area contributed by atoms with Crippen LogP contribution in [0.1, 0.15) is 39.2 Å². The van der Waals surface area contributed by atoms with Crippen molar-refractivity contribution in [1.29, 1.82) is 0 Å². The highest BCUT2D eigenvalue weighted by Gasteiger charge is 2.05. The normalized spacial score (nSPS) is 11.1. The van der Waals surface area contributed by atoms with Crippen molar-refractivity contribution in [2.24, 2.45) is 0 Å². The van der Waals surface area contributed by atoms with Gasteiger partial charge >= 0.3 is 17.9 Å². The molecule has 9 nitrogen and oxygen atoms in total. The number of hydrogen-bond acceptors (Lipinski definition) is 8. The fraction of sp³-hybridized carbons (Fsp3) is 0.308. The van der Waals surface area contributed by atoms with Crippen LogP contribution < -0.4 is 5.32 Å². The molecule has 2 rings (SSSR count). The lowest BCUT2D eigenvalue weighted by Crippen LogP contribution is -2.12. The molecule has 1 aromatic rings. The van der Waals surface area contributed by atoms with Gasteiger partial charge in [0.15, 0.2) is 6.29 Å². The molecule has 0 aliphatic carbocycles. The van der Waals surface area contributed by atoms with Crippen LogP contribution in [0.2, 0.25) is 0 Å². The average molecular weight is 492 g/mol. The number of ether oxygens (including phenoxy) is 3. The number of hydrogen-bond donors (Lipinski definition) is 2. The standard InChI is InChI=1S/C8H8.C5H8O3.C5H8O2.C4H7NO.C4H6O2/c1-2-8-6-4-3-5-7-8;1-3-5(7)8-4(2)6;1-4(2)5(6)7-3;6-4-2-1-3-5-4;1-3-6-4(2)5/h2-7H,1H2;3-4,6H,1H2,2H3;1H2,2-3H3;1-3H2,(H,5,6);3H,1H2,2H3. The number of benzene rings is 1. The summed E-state index contributed by atoms with van der Waals surface area (Å²) >= 11 is 0. The van der Waals surface area contributed by atoms with Crippen molar-refractivity contribution in [2.75, 3.05) is 13.7 Å². The van der Waals surface area contributed by atoms with Gasteiger partial charge in [0.1, 0.15) is 0 Å². The topological polar surface area (TPSA) is 128 Å². The van der Waals surface area contributed by atoms with Gasteiger partial charge in [0, 0.05) is 31.5 Å². The number of carbonyl (C=O) groups is 4. The molecule has 1 aromatic carbocycles. The van der Waals surface area contributed by atoms with E-state index in [4.69, 9.17) is 5.11 Å². The zero-order valence-corrected chi connectivity index (χ0v) is 21.0. The maximum Gasteiger partial charge on any atom is 0.332 e. The van der Waals surface area contributed by atoms with Gasteiger partial charge in [0.2, 0.25) is 5.91 Å². The van der Waals surface area contributed by atoms with Crippen LogP contribution in [0.15, 0.2) is 74.6 Å². The van der Waals surface area contributed by atoms with E-state index in [1.54, 1.807) is 6.92 Å². The summed E-state index contributed by atoms with van der Waals surface area (Å²) in [6.07, 6.45) is 4.65. The zero-order valence-electron chi connectivity index (χ0n) is 21.0. The highest BCUT2D eigenvalue weighted by Crippen LogP contribution is 1.97. The highest BCUT2D eigenvalue weighted by molar-refractivity contribution is 5.86. The van der Waals surface area contributed by atoms with Crippen LogP contribution in [0, 0.1) is 0 Å². The Balaban J connectivity index is -0.000000368. The predicted molar refractivity (Wildman–Crippen MR) is 136 cm³/mol. The molecule has 1 fully saturated rings. The molecule has 2 N–H and O–H groups in total. The van der Waals surface area contributed by atoms with Gasteiger partial charge < -0.3 is 24.6 Å². The van der Waals surface area contributed by atoms with Gasteiger partial charge in [-0.05, 0) is 25.8 Å². The van der Waals surface area contributed by atoms with E-state index >= 15 is 0 Å². The Morgan fingerprint density at radius 3 is 1.83 bits per heavy atom. The molecule has 1 aliphatic heterocycles. The van der Waals surface area contributed by atoms with Gasteiger partial charge in [-0.2, -0.15) is 0 Å². The van der Waals surface area contributed by atoms with Gasteiger partial charge in [-0.25, -0.2) is 9.59 Å². The number of aliphatic hydroxyl groups excluding tert-OH is 1. The van der Waals surface area contributed by atoms with E-state index in [9.17, 15) is 19.2 Å². The summed E-state index contributed by atoms with van der Waals surface area (Å²) in [6.45, 7) is 18.4. The Labute approximate surface area is 207 Å². The third kappa shape index (κ3) is 30.0. The lowest BCUT2D eigenvalue weighted by Gasteiger charge is -2.01. The summed E-state index contributed by atoms with van der Waals surface area (Å²) in [7, 11) is 1.33. The first-order valence-corrected chi connectivity index (χ1v) is 10.4. The molecule has 1 heterocycles. The smallest absolute Gasteiger partial charge is 0.332 e. The van der Waals surface area contributed by atoms with Crippen LogP contribution in [0.25, 0.3) is 6.08 Å². The van der Waals surface area contributed by atoms with E-state index in [1.165, 1.54) is 26.5 Å². The first-order valence-electron chi connectivity index (χ1n) is 10.4. The molecule has 0 radical (unpaired) electrons. The SMILES string of the molecule is C=C(C)C(=O)OC.C=CC(=O)OC(C)O.C=COC(C)=O.C=Cc1ccccc1.O=C1CCCN1. The van der Waals surface area contributed by atoms with Crippen LogP contribution >= 0.6 is 0 Å². The Hall–Kier alpha value is -3.98. The summed E-state index contributed by atoms with van der Waals surface area (Å²) in [5.74, 6) is -1.08. The Morgan fingerprint density at radius 2 is 1.69 bits per heavy atom. The lowest BCUT2D eigenvalue weighted by atomic mass is 10.2. The van der Waals surface area contributed by atoms with Crippen molar-refractivity contribution >= 4 is 29.9 Å². The van der Waals surface area contributed by atoms with Crippen molar-refractivity contribution < 1.29 is 38.5 Å². The lowest BCUT2D eigenvalue weighted by molar-refractivity contribution is -0.158. The molecule has 1 atom stereocenters. The average Bonchev–Trinajstić information content (AvgIpc) is 3.31. The van der Waals surface area contributed by atoms with Crippen LogP contribution in [-0.2, 0) is 33.4 Å². The van der Waals surface area contributed by atoms with Crippen molar-refractivity contribution in [3.8, 4) is 0 Å². The largest absolute Gasteiger partial charge is 0.466 e. The van der Waals surface area contributed by atoms with Gasteiger partial charge in [0.05, 0.1) is 13.4 Å². The molecule has 1 saturated heterocycles. The number of esters is 3. The molecule has 0 saturated carbocycles. The minimum Gasteiger partial charge on any atom is -0.466 e. The van der Waals surface area contributed by atoms with E-state index < -0.39 is 12.3 Å². The summed E-state index contributed by atoms with van der Waals surface area (Å²) in [5.41, 5.74) is 1.61. The van der Waals surface area contributed by atoms with Crippen molar-refractivity contribution in [1.82, 2.24) is 5.32 Å². The summed E-state index contributed by atoms with van der Waals surface area (Å²) in [4.78, 5) is 40.2. The van der Waals surface area contributed by atoms with E-state index in [-0.39, 0.29) is 17.8 Å². The first kappa shape index (κ1) is 35.6. The number of aliphatic hydroxyl groups is 1. The second-order valence-corrected chi connectivity index (χ2v) is 6.36. The van der Waals surface area contributed by atoms with Crippen molar-refractivity contribution in [3.63, 3.8) is 0 Å². The van der Waals surface area contributed by atoms with Crippen LogP contribution in [0.5, 0.6) is 0 Å². The second-order valence-electron chi connectivity index (χ2n) is 6.36. The monoisotopic (exact) mass is 491 g/mol. The van der Waals surface area contributed by atoms with E-state index in [0.717, 1.165) is 31.7 Å². The zero-order chi connectivity index (χ0) is 27.6. The number of rotatable bonds is 5. The van der Waals surface area contributed by atoms with Gasteiger partial charge in [-0.1, -0.05) is 62.7 Å². The van der Waals surface area contributed by atoms with Gasteiger partial charge in [0.25, 0.3) is 0 Å². The fourth-order valence-electron chi connectivity index (χ4n) is 1.66. The molecule has 0 aromatic heterocycles. The molecular formula is C26H37NO8. The molecule has 1 aliphatic rings. The Bertz CT molecular complexity index is 793. The van der Waals surface area contributed by atoms with Gasteiger partial charge in [-0.15, -0.1) is 0 Å². The molecule has 194 valence electrons. The molecule has 1 amide bonds. The molecule has 1 unspecified atom stereocenters. The van der Waals surface area contributed by atoms with Gasteiger partial charge in [-0.3, -0.25) is 9.59 Å². The van der Waals surface area contributed by atoms with Crippen LogP contribution in [0.4, 0.5) is 0 Å². The maximum absolute atomic E-state index is 10.2. The van der Waals surface area contributed by atoms with E-state index in [1.807, 2.05) is 36.4 Å². The third-order valence-corrected chi connectivity index (χ3v) is 3.17. The summed E-state index contributed by atoms with van der Waals surface area (Å²) < 4.78 is 12.6. The minimum atomic E-state index is -1.04. The second kappa shape index (κ2) is 24.7. The first-order chi connectivity index (χ1) is 16.4. The molecular weight excluding hydrogens is 454 g/mol. The van der Waals surface area contributed by atoms with Crippen molar-refractivity contribution in [2.45, 2.75) is 39.9 Å². The van der Waals surface area contributed by atoms with Crippen LogP contribution in [-0.4, -0.2) is 48.9 Å². The Kier molecular flexibility index (Phi) is 25.1. The van der Waals surface area contributed by atoms with Crippen LogP contribution in [0.3, 0.4) is 0 Å². The molecule has 35 heavy (non-hydrogen) atoms. The quantitative estimate of drug-likeness (QED) is 0.210. The fourth-order valence-corrected chi connectivity index (χ4v) is 1.66. The summed E-state index contributed by atoms with van der Waals surface area (Å²) in [5, 5.41) is 11.0. The van der Waals surface area contributed by atoms with E-state index in [0.29, 0.717) is 5.57 Å². The number of nitrogens with one attached hydrogen (secondary N) is 1. The molecule has 0 spiro atoms. The molecule has 0 bridgehead atoms. The maximum atomic E-state index is 10.2.